The zero-order valence-electron chi connectivity index (χ0n) is 12.6. The quantitative estimate of drug-likeness (QED) is 0.460. The molecule has 114 valence electrons. The Morgan fingerprint density at radius 2 is 1.95 bits per heavy atom. The van der Waals surface area contributed by atoms with E-state index in [0.717, 1.165) is 17.1 Å². The van der Waals surface area contributed by atoms with Crippen LogP contribution in [0.1, 0.15) is 19.4 Å². The fraction of sp³-hybridized carbons (Fsp3) is 0.312. The van der Waals surface area contributed by atoms with E-state index in [1.165, 1.54) is 11.8 Å². The second kappa shape index (κ2) is 7.48. The van der Waals surface area contributed by atoms with E-state index in [-0.39, 0.29) is 5.15 Å². The van der Waals surface area contributed by atoms with Crippen molar-refractivity contribution in [2.24, 2.45) is 5.92 Å². The highest BCUT2D eigenvalue weighted by Gasteiger charge is 2.15. The molecule has 2 aromatic rings. The normalized spacial score (nSPS) is 10.5. The van der Waals surface area contributed by atoms with Crippen molar-refractivity contribution in [2.75, 3.05) is 12.9 Å². The number of halogens is 1. The lowest BCUT2D eigenvalue weighted by atomic mass is 10.1. The van der Waals surface area contributed by atoms with Crippen LogP contribution in [-0.2, 0) is 0 Å². The molecular formula is C16H16ClN3OS. The summed E-state index contributed by atoms with van der Waals surface area (Å²) in [5.74, 6) is 2.16. The molecule has 0 aliphatic carbocycles. The zero-order chi connectivity index (χ0) is 16.1. The number of ether oxygens (including phenoxy) is 1. The van der Waals surface area contributed by atoms with E-state index in [2.05, 4.69) is 29.9 Å². The molecule has 6 heteroatoms. The van der Waals surface area contributed by atoms with E-state index in [0.29, 0.717) is 22.3 Å². The Hall–Kier alpha value is -1.77. The lowest BCUT2D eigenvalue weighted by Crippen LogP contribution is -1.99. The predicted octanol–water partition coefficient (Wildman–Crippen LogP) is 4.43. The molecule has 0 N–H and O–H groups in total. The number of thioether (sulfide) groups is 1. The first-order valence-corrected chi connectivity index (χ1v) is 8.16. The third kappa shape index (κ3) is 3.90. The fourth-order valence-corrected chi connectivity index (χ4v) is 2.83. The van der Waals surface area contributed by atoms with Gasteiger partial charge >= 0.3 is 0 Å². The molecule has 0 saturated heterocycles. The van der Waals surface area contributed by atoms with Gasteiger partial charge in [-0.1, -0.05) is 37.2 Å². The number of aromatic nitrogens is 2. The lowest BCUT2D eigenvalue weighted by molar-refractivity contribution is 0.415. The van der Waals surface area contributed by atoms with Gasteiger partial charge < -0.3 is 4.74 Å². The number of hydrogen-bond donors (Lipinski definition) is 0. The summed E-state index contributed by atoms with van der Waals surface area (Å²) >= 11 is 7.68. The van der Waals surface area contributed by atoms with Crippen LogP contribution < -0.4 is 4.74 Å². The van der Waals surface area contributed by atoms with Gasteiger partial charge in [0.25, 0.3) is 0 Å². The molecule has 0 aliphatic rings. The fourth-order valence-electron chi connectivity index (χ4n) is 1.78. The molecule has 1 aromatic heterocycles. The summed E-state index contributed by atoms with van der Waals surface area (Å²) in [6, 6.07) is 9.45. The molecule has 0 spiro atoms. The second-order valence-corrected chi connectivity index (χ2v) is 6.41. The molecule has 1 heterocycles. The van der Waals surface area contributed by atoms with Crippen LogP contribution in [0.3, 0.4) is 0 Å². The summed E-state index contributed by atoms with van der Waals surface area (Å²) in [6.45, 7) is 4.26. The summed E-state index contributed by atoms with van der Waals surface area (Å²) in [6.07, 6.45) is 0. The first kappa shape index (κ1) is 16.6. The smallest absolute Gasteiger partial charge is 0.189 e. The Kier molecular flexibility index (Phi) is 5.64. The van der Waals surface area contributed by atoms with Crippen LogP contribution in [0.2, 0.25) is 5.15 Å². The van der Waals surface area contributed by atoms with Crippen molar-refractivity contribution in [3.8, 4) is 23.1 Å². The van der Waals surface area contributed by atoms with Gasteiger partial charge in [0.2, 0.25) is 0 Å². The third-order valence-corrected chi connectivity index (χ3v) is 4.41. The monoisotopic (exact) mass is 333 g/mol. The maximum atomic E-state index is 9.32. The number of rotatable bonds is 5. The van der Waals surface area contributed by atoms with Crippen molar-refractivity contribution in [2.45, 2.75) is 19.0 Å². The Balaban J connectivity index is 2.44. The first-order valence-electron chi connectivity index (χ1n) is 6.80. The molecule has 0 amide bonds. The molecule has 0 fully saturated rings. The molecule has 0 bridgehead atoms. The third-order valence-electron chi connectivity index (χ3n) is 2.87. The maximum Gasteiger partial charge on any atom is 0.189 e. The standard InChI is InChI=1S/C16H16ClN3OS/c1-10(2)9-22-16-19-14(13(8-18)15(17)20-16)11-4-6-12(21-3)7-5-11/h4-7,10H,9H2,1-3H3. The minimum Gasteiger partial charge on any atom is -0.497 e. The van der Waals surface area contributed by atoms with Crippen molar-refractivity contribution in [1.29, 1.82) is 5.26 Å². The first-order chi connectivity index (χ1) is 10.5. The van der Waals surface area contributed by atoms with Crippen LogP contribution in [-0.4, -0.2) is 22.8 Å². The molecular weight excluding hydrogens is 318 g/mol. The zero-order valence-corrected chi connectivity index (χ0v) is 14.2. The average molecular weight is 334 g/mol. The Morgan fingerprint density at radius 3 is 2.50 bits per heavy atom. The van der Waals surface area contributed by atoms with E-state index in [4.69, 9.17) is 16.3 Å². The van der Waals surface area contributed by atoms with Crippen LogP contribution in [0.25, 0.3) is 11.3 Å². The lowest BCUT2D eigenvalue weighted by Gasteiger charge is -2.09. The number of benzene rings is 1. The molecule has 0 unspecified atom stereocenters. The number of nitrogens with zero attached hydrogens (tertiary/aromatic N) is 3. The molecule has 2 rings (SSSR count). The summed E-state index contributed by atoms with van der Waals surface area (Å²) in [7, 11) is 1.61. The van der Waals surface area contributed by atoms with Crippen molar-refractivity contribution in [3.05, 3.63) is 35.0 Å². The van der Waals surface area contributed by atoms with Crippen LogP contribution >= 0.6 is 23.4 Å². The average Bonchev–Trinajstić information content (AvgIpc) is 2.52. The highest BCUT2D eigenvalue weighted by atomic mass is 35.5. The molecule has 0 aliphatic heterocycles. The van der Waals surface area contributed by atoms with Crippen LogP contribution in [0.5, 0.6) is 5.75 Å². The minimum absolute atomic E-state index is 0.189. The molecule has 1 aromatic carbocycles. The maximum absolute atomic E-state index is 9.32. The molecule has 0 saturated carbocycles. The molecule has 4 nitrogen and oxygen atoms in total. The van der Waals surface area contributed by atoms with E-state index >= 15 is 0 Å². The van der Waals surface area contributed by atoms with Crippen LogP contribution in [0.4, 0.5) is 0 Å². The van der Waals surface area contributed by atoms with Crippen LogP contribution in [0.15, 0.2) is 29.4 Å². The van der Waals surface area contributed by atoms with Crippen molar-refractivity contribution < 1.29 is 4.74 Å². The van der Waals surface area contributed by atoms with E-state index < -0.39 is 0 Å². The van der Waals surface area contributed by atoms with Gasteiger partial charge in [0.1, 0.15) is 17.4 Å². The second-order valence-electron chi connectivity index (χ2n) is 5.07. The van der Waals surface area contributed by atoms with E-state index in [1.54, 1.807) is 7.11 Å². The van der Waals surface area contributed by atoms with E-state index in [9.17, 15) is 5.26 Å². The minimum atomic E-state index is 0.189. The molecule has 0 radical (unpaired) electrons. The largest absolute Gasteiger partial charge is 0.497 e. The van der Waals surface area contributed by atoms with Gasteiger partial charge in [-0.05, 0) is 30.2 Å². The van der Waals surface area contributed by atoms with Crippen molar-refractivity contribution >= 4 is 23.4 Å². The van der Waals surface area contributed by atoms with Crippen LogP contribution in [0, 0.1) is 17.2 Å². The SMILES string of the molecule is COc1ccc(-c2nc(SCC(C)C)nc(Cl)c2C#N)cc1. The van der Waals surface area contributed by atoms with Gasteiger partial charge in [0, 0.05) is 11.3 Å². The highest BCUT2D eigenvalue weighted by molar-refractivity contribution is 7.99. The predicted molar refractivity (Wildman–Crippen MR) is 89.3 cm³/mol. The van der Waals surface area contributed by atoms with E-state index in [1.807, 2.05) is 24.3 Å². The topological polar surface area (TPSA) is 58.8 Å². The Labute approximate surface area is 139 Å². The Morgan fingerprint density at radius 1 is 1.27 bits per heavy atom. The summed E-state index contributed by atoms with van der Waals surface area (Å²) < 4.78 is 5.15. The molecule has 22 heavy (non-hydrogen) atoms. The summed E-state index contributed by atoms with van der Waals surface area (Å²) in [5.41, 5.74) is 1.66. The van der Waals surface area contributed by atoms with Gasteiger partial charge in [-0.2, -0.15) is 5.26 Å². The Bertz CT molecular complexity index is 696. The van der Waals surface area contributed by atoms with Crippen molar-refractivity contribution in [3.63, 3.8) is 0 Å². The summed E-state index contributed by atoms with van der Waals surface area (Å²) in [5, 5.41) is 10.1. The van der Waals surface area contributed by atoms with Gasteiger partial charge in [0.15, 0.2) is 10.3 Å². The summed E-state index contributed by atoms with van der Waals surface area (Å²) in [4.78, 5) is 8.71. The van der Waals surface area contributed by atoms with Crippen molar-refractivity contribution in [1.82, 2.24) is 9.97 Å². The van der Waals surface area contributed by atoms with Gasteiger partial charge in [-0.25, -0.2) is 9.97 Å². The highest BCUT2D eigenvalue weighted by Crippen LogP contribution is 2.30. The van der Waals surface area contributed by atoms with Gasteiger partial charge in [0.05, 0.1) is 12.8 Å². The van der Waals surface area contributed by atoms with Gasteiger partial charge in [-0.15, -0.1) is 0 Å². The number of hydrogen-bond acceptors (Lipinski definition) is 5. The number of methoxy groups -OCH3 is 1. The number of nitriles is 1. The molecule has 0 atom stereocenters. The van der Waals surface area contributed by atoms with Gasteiger partial charge in [-0.3, -0.25) is 0 Å².